The molecule has 1 fully saturated rings. The normalized spacial score (nSPS) is 23.9. The van der Waals surface area contributed by atoms with Crippen molar-refractivity contribution in [2.75, 3.05) is 18.9 Å². The van der Waals surface area contributed by atoms with Crippen molar-refractivity contribution in [2.45, 2.75) is 45.7 Å². The van der Waals surface area contributed by atoms with Crippen molar-refractivity contribution in [3.05, 3.63) is 16.8 Å². The zero-order valence-corrected chi connectivity index (χ0v) is 12.1. The average Bonchev–Trinajstić information content (AvgIpc) is 2.39. The van der Waals surface area contributed by atoms with Crippen LogP contribution < -0.4 is 5.32 Å². The Labute approximate surface area is 114 Å². The zero-order valence-electron chi connectivity index (χ0n) is 12.1. The highest BCUT2D eigenvalue weighted by molar-refractivity contribution is 5.56. The number of nitrogens with zero attached hydrogens (tertiary/aromatic N) is 4. The molecule has 0 bridgehead atoms. The number of nitrogens with one attached hydrogen (secondary N) is 1. The number of aryl methyl sites for hydroxylation is 1. The van der Waals surface area contributed by atoms with Gasteiger partial charge in [-0.2, -0.15) is 10.4 Å². The first-order valence-electron chi connectivity index (χ1n) is 6.73. The molecule has 2 heterocycles. The smallest absolute Gasteiger partial charge is 0.167 e. The molecule has 1 aliphatic rings. The summed E-state index contributed by atoms with van der Waals surface area (Å²) in [6, 6.07) is 3.16. The highest BCUT2D eigenvalue weighted by Crippen LogP contribution is 2.22. The van der Waals surface area contributed by atoms with Gasteiger partial charge in [-0.25, -0.2) is 0 Å². The molecule has 19 heavy (non-hydrogen) atoms. The molecule has 0 radical (unpaired) electrons. The topological polar surface area (TPSA) is 64.8 Å². The van der Waals surface area contributed by atoms with Crippen molar-refractivity contribution in [2.24, 2.45) is 0 Å². The Kier molecular flexibility index (Phi) is 4.01. The van der Waals surface area contributed by atoms with E-state index in [2.05, 4.69) is 40.5 Å². The summed E-state index contributed by atoms with van der Waals surface area (Å²) in [5, 5.41) is 20.9. The summed E-state index contributed by atoms with van der Waals surface area (Å²) in [4.78, 5) is 2.36. The third-order valence-corrected chi connectivity index (χ3v) is 4.12. The van der Waals surface area contributed by atoms with Crippen molar-refractivity contribution in [3.63, 3.8) is 0 Å². The quantitative estimate of drug-likeness (QED) is 0.878. The SMILES string of the molecule is Cc1nnc(NC2CCN(C)C(C)C2)c(C#N)c1C. The number of rotatable bonds is 2. The van der Waals surface area contributed by atoms with E-state index < -0.39 is 0 Å². The van der Waals surface area contributed by atoms with Gasteiger partial charge in [-0.05, 0) is 46.2 Å². The minimum atomic E-state index is 0.370. The van der Waals surface area contributed by atoms with Crippen LogP contribution >= 0.6 is 0 Å². The fourth-order valence-corrected chi connectivity index (χ4v) is 2.46. The molecule has 1 saturated heterocycles. The molecule has 0 aromatic carbocycles. The van der Waals surface area contributed by atoms with Gasteiger partial charge in [0.05, 0.1) is 5.69 Å². The van der Waals surface area contributed by atoms with Crippen molar-refractivity contribution in [1.82, 2.24) is 15.1 Å². The summed E-state index contributed by atoms with van der Waals surface area (Å²) >= 11 is 0. The highest BCUT2D eigenvalue weighted by Gasteiger charge is 2.24. The standard InChI is InChI=1S/C14H21N5/c1-9-7-12(5-6-19(9)4)16-14-13(8-15)10(2)11(3)17-18-14/h9,12H,5-7H2,1-4H3,(H,16,18). The number of aromatic nitrogens is 2. The second-order valence-corrected chi connectivity index (χ2v) is 5.44. The van der Waals surface area contributed by atoms with Crippen LogP contribution in [-0.4, -0.2) is 40.8 Å². The summed E-state index contributed by atoms with van der Waals surface area (Å²) in [5.41, 5.74) is 2.36. The first-order valence-corrected chi connectivity index (χ1v) is 6.73. The van der Waals surface area contributed by atoms with Gasteiger partial charge in [0.15, 0.2) is 5.82 Å². The van der Waals surface area contributed by atoms with E-state index in [1.54, 1.807) is 0 Å². The maximum atomic E-state index is 9.28. The lowest BCUT2D eigenvalue weighted by molar-refractivity contribution is 0.190. The largest absolute Gasteiger partial charge is 0.365 e. The van der Waals surface area contributed by atoms with Crippen molar-refractivity contribution >= 4 is 5.82 Å². The van der Waals surface area contributed by atoms with Crippen LogP contribution in [-0.2, 0) is 0 Å². The van der Waals surface area contributed by atoms with E-state index in [1.807, 2.05) is 13.8 Å². The maximum absolute atomic E-state index is 9.28. The monoisotopic (exact) mass is 259 g/mol. The molecule has 0 saturated carbocycles. The molecule has 2 unspecified atom stereocenters. The molecule has 0 aliphatic carbocycles. The Morgan fingerprint density at radius 2 is 2.11 bits per heavy atom. The van der Waals surface area contributed by atoms with Gasteiger partial charge in [0.2, 0.25) is 0 Å². The van der Waals surface area contributed by atoms with E-state index >= 15 is 0 Å². The summed E-state index contributed by atoms with van der Waals surface area (Å²) in [7, 11) is 2.15. The van der Waals surface area contributed by atoms with Crippen molar-refractivity contribution in [3.8, 4) is 6.07 Å². The maximum Gasteiger partial charge on any atom is 0.167 e. The van der Waals surface area contributed by atoms with Crippen LogP contribution in [0.5, 0.6) is 0 Å². The third kappa shape index (κ3) is 2.85. The number of hydrogen-bond donors (Lipinski definition) is 1. The van der Waals surface area contributed by atoms with Crippen LogP contribution in [0, 0.1) is 25.2 Å². The molecule has 0 spiro atoms. The fourth-order valence-electron chi connectivity index (χ4n) is 2.46. The fraction of sp³-hybridized carbons (Fsp3) is 0.643. The van der Waals surface area contributed by atoms with Gasteiger partial charge in [0.25, 0.3) is 0 Å². The lowest BCUT2D eigenvalue weighted by Gasteiger charge is -2.35. The molecule has 2 rings (SSSR count). The molecular weight excluding hydrogens is 238 g/mol. The van der Waals surface area contributed by atoms with Gasteiger partial charge >= 0.3 is 0 Å². The number of likely N-dealkylation sites (tertiary alicyclic amines) is 1. The Morgan fingerprint density at radius 1 is 1.37 bits per heavy atom. The summed E-state index contributed by atoms with van der Waals surface area (Å²) in [5.74, 6) is 0.632. The average molecular weight is 259 g/mol. The van der Waals surface area contributed by atoms with Gasteiger partial charge < -0.3 is 10.2 Å². The van der Waals surface area contributed by atoms with E-state index in [9.17, 15) is 5.26 Å². The molecule has 1 aromatic rings. The van der Waals surface area contributed by atoms with Crippen molar-refractivity contribution < 1.29 is 0 Å². The van der Waals surface area contributed by atoms with E-state index in [1.165, 1.54) is 0 Å². The molecule has 1 aromatic heterocycles. The molecular formula is C14H21N5. The zero-order chi connectivity index (χ0) is 14.0. The molecule has 102 valence electrons. The second kappa shape index (κ2) is 5.54. The van der Waals surface area contributed by atoms with E-state index in [0.29, 0.717) is 23.5 Å². The first kappa shape index (κ1) is 13.8. The van der Waals surface area contributed by atoms with E-state index in [4.69, 9.17) is 0 Å². The Bertz CT molecular complexity index is 505. The summed E-state index contributed by atoms with van der Waals surface area (Å²) < 4.78 is 0. The van der Waals surface area contributed by atoms with E-state index in [-0.39, 0.29) is 0 Å². The van der Waals surface area contributed by atoms with E-state index in [0.717, 1.165) is 30.6 Å². The number of piperidine rings is 1. The lowest BCUT2D eigenvalue weighted by atomic mass is 9.98. The molecule has 5 nitrogen and oxygen atoms in total. The van der Waals surface area contributed by atoms with Crippen LogP contribution in [0.2, 0.25) is 0 Å². The second-order valence-electron chi connectivity index (χ2n) is 5.44. The lowest BCUT2D eigenvalue weighted by Crippen LogP contribution is -2.42. The summed E-state index contributed by atoms with van der Waals surface area (Å²) in [6.45, 7) is 7.10. The predicted octanol–water partition coefficient (Wildman–Crippen LogP) is 1.86. The van der Waals surface area contributed by atoms with Gasteiger partial charge in [-0.15, -0.1) is 5.10 Å². The molecule has 0 amide bonds. The minimum absolute atomic E-state index is 0.370. The van der Waals surface area contributed by atoms with Gasteiger partial charge in [-0.3, -0.25) is 0 Å². The first-order chi connectivity index (χ1) is 9.02. The predicted molar refractivity (Wildman–Crippen MR) is 75.0 cm³/mol. The minimum Gasteiger partial charge on any atom is -0.365 e. The van der Waals surface area contributed by atoms with Gasteiger partial charge in [0.1, 0.15) is 11.6 Å². The number of hydrogen-bond acceptors (Lipinski definition) is 5. The van der Waals surface area contributed by atoms with Gasteiger partial charge in [0, 0.05) is 18.6 Å². The van der Waals surface area contributed by atoms with Crippen molar-refractivity contribution in [1.29, 1.82) is 5.26 Å². The van der Waals surface area contributed by atoms with Crippen LogP contribution in [0.4, 0.5) is 5.82 Å². The highest BCUT2D eigenvalue weighted by atomic mass is 15.2. The Hall–Kier alpha value is -1.67. The molecule has 1 N–H and O–H groups in total. The molecule has 5 heteroatoms. The number of anilines is 1. The summed E-state index contributed by atoms with van der Waals surface area (Å²) in [6.07, 6.45) is 2.14. The van der Waals surface area contributed by atoms with Crippen LogP contribution in [0.1, 0.15) is 36.6 Å². The molecule has 1 aliphatic heterocycles. The van der Waals surface area contributed by atoms with Crippen LogP contribution in [0.3, 0.4) is 0 Å². The molecule has 2 atom stereocenters. The van der Waals surface area contributed by atoms with Crippen LogP contribution in [0.15, 0.2) is 0 Å². The third-order valence-electron chi connectivity index (χ3n) is 4.12. The number of nitriles is 1. The van der Waals surface area contributed by atoms with Crippen LogP contribution in [0.25, 0.3) is 0 Å². The Balaban J connectivity index is 2.16. The van der Waals surface area contributed by atoms with Gasteiger partial charge in [-0.1, -0.05) is 0 Å². The Morgan fingerprint density at radius 3 is 2.74 bits per heavy atom.